The molecule has 1 aliphatic heterocycles. The first-order chi connectivity index (χ1) is 13.7. The first kappa shape index (κ1) is 21.8. The third kappa shape index (κ3) is 3.94. The number of methoxy groups -OCH3 is 1. The largest absolute Gasteiger partial charge is 0.400 e. The van der Waals surface area contributed by atoms with Crippen LogP contribution in [0.1, 0.15) is 27.0 Å². The lowest BCUT2D eigenvalue weighted by Crippen LogP contribution is -2.43. The normalized spacial score (nSPS) is 28.3. The summed E-state index contributed by atoms with van der Waals surface area (Å²) in [5.74, 6) is 0.509. The van der Waals surface area contributed by atoms with Crippen LogP contribution in [0.3, 0.4) is 0 Å². The van der Waals surface area contributed by atoms with Gasteiger partial charge in [-0.2, -0.15) is 9.97 Å². The molecular weight excluding hydrogens is 399 g/mol. The Morgan fingerprint density at radius 1 is 1.41 bits per heavy atom. The van der Waals surface area contributed by atoms with Crippen molar-refractivity contribution >= 4 is 32.2 Å². The number of imidazole rings is 1. The topological polar surface area (TPSA) is 119 Å². The van der Waals surface area contributed by atoms with E-state index in [0.29, 0.717) is 17.0 Å². The summed E-state index contributed by atoms with van der Waals surface area (Å²) in [6, 6.07) is 0. The number of nitrogens with two attached hydrogens (primary N) is 1. The van der Waals surface area contributed by atoms with Crippen LogP contribution < -0.4 is 11.1 Å². The zero-order valence-electron chi connectivity index (χ0n) is 17.5. The van der Waals surface area contributed by atoms with Crippen molar-refractivity contribution in [3.8, 4) is 0 Å². The predicted molar refractivity (Wildman–Crippen MR) is 109 cm³/mol. The highest BCUT2D eigenvalue weighted by atomic mass is 28.3. The number of anilines is 2. The SMILES string of the molecule is CNc1nc(N)nc2c1ncn2[C@@H]1O[C@H](CO[SiH](OC)C(C)C)[C@@H](OC)[C@@]1(C)F. The second-order valence-corrected chi connectivity index (χ2v) is 10.4. The smallest absolute Gasteiger partial charge is 0.323 e. The fourth-order valence-electron chi connectivity index (χ4n) is 3.72. The van der Waals surface area contributed by atoms with Gasteiger partial charge in [0.05, 0.1) is 12.9 Å². The van der Waals surface area contributed by atoms with Crippen molar-refractivity contribution in [2.45, 2.75) is 50.4 Å². The monoisotopic (exact) mass is 428 g/mol. The number of hydrogen-bond acceptors (Lipinski definition) is 9. The minimum atomic E-state index is -1.89. The van der Waals surface area contributed by atoms with E-state index in [1.54, 1.807) is 14.2 Å². The van der Waals surface area contributed by atoms with Crippen molar-refractivity contribution < 1.29 is 22.7 Å². The van der Waals surface area contributed by atoms with Crippen molar-refractivity contribution in [3.63, 3.8) is 0 Å². The van der Waals surface area contributed by atoms with E-state index in [9.17, 15) is 0 Å². The molecule has 5 atom stereocenters. The van der Waals surface area contributed by atoms with Gasteiger partial charge in [-0.1, -0.05) is 13.8 Å². The summed E-state index contributed by atoms with van der Waals surface area (Å²) in [5, 5.41) is 2.92. The first-order valence-corrected chi connectivity index (χ1v) is 11.0. The summed E-state index contributed by atoms with van der Waals surface area (Å²) < 4.78 is 40.3. The molecule has 0 amide bonds. The van der Waals surface area contributed by atoms with Crippen molar-refractivity contribution in [1.82, 2.24) is 19.5 Å². The summed E-state index contributed by atoms with van der Waals surface area (Å²) in [4.78, 5) is 12.7. The van der Waals surface area contributed by atoms with Gasteiger partial charge in [-0.15, -0.1) is 0 Å². The van der Waals surface area contributed by atoms with Crippen LogP contribution in [-0.2, 0) is 18.3 Å². The molecule has 1 aliphatic rings. The molecule has 0 aromatic carbocycles. The second-order valence-electron chi connectivity index (χ2n) is 7.52. The van der Waals surface area contributed by atoms with Gasteiger partial charge in [0.25, 0.3) is 0 Å². The minimum absolute atomic E-state index is 0.0520. The molecule has 1 saturated heterocycles. The number of rotatable bonds is 8. The van der Waals surface area contributed by atoms with E-state index < -0.39 is 33.4 Å². The van der Waals surface area contributed by atoms with Gasteiger partial charge in [-0.25, -0.2) is 9.37 Å². The Morgan fingerprint density at radius 3 is 2.72 bits per heavy atom. The quantitative estimate of drug-likeness (QED) is 0.601. The number of hydrogen-bond donors (Lipinski definition) is 2. The van der Waals surface area contributed by atoms with Crippen molar-refractivity contribution in [2.24, 2.45) is 0 Å². The van der Waals surface area contributed by atoms with Crippen LogP contribution in [0.2, 0.25) is 5.54 Å². The van der Waals surface area contributed by atoms with Gasteiger partial charge in [0.15, 0.2) is 28.9 Å². The molecule has 2 aromatic heterocycles. The predicted octanol–water partition coefficient (Wildman–Crippen LogP) is 1.38. The highest BCUT2D eigenvalue weighted by Crippen LogP contribution is 2.44. The summed E-state index contributed by atoms with van der Waals surface area (Å²) in [7, 11) is 2.90. The fourth-order valence-corrected chi connectivity index (χ4v) is 5.17. The average Bonchev–Trinajstić information content (AvgIpc) is 3.18. The number of aromatic nitrogens is 4. The van der Waals surface area contributed by atoms with E-state index in [1.165, 1.54) is 24.9 Å². The summed E-state index contributed by atoms with van der Waals surface area (Å²) >= 11 is 0. The molecule has 29 heavy (non-hydrogen) atoms. The maximum Gasteiger partial charge on any atom is 0.323 e. The molecule has 10 nitrogen and oxygen atoms in total. The molecule has 3 N–H and O–H groups in total. The standard InChI is InChI=1S/C17H29FN6O4Si/c1-9(2)29(26-6)27-7-10-12(25-5)17(3,18)15(28-10)24-8-21-11-13(20-4)22-16(19)23-14(11)24/h8-10,12,15,29H,7H2,1-6H3,(H3,19,20,22,23)/t10-,12-,15-,17-,29?/m1/s1. The first-order valence-electron chi connectivity index (χ1n) is 9.43. The van der Waals surface area contributed by atoms with E-state index in [1.807, 2.05) is 13.8 Å². The van der Waals surface area contributed by atoms with Crippen molar-refractivity contribution in [2.75, 3.05) is 38.9 Å². The highest BCUT2D eigenvalue weighted by Gasteiger charge is 2.56. The Kier molecular flexibility index (Phi) is 6.38. The molecule has 0 aliphatic carbocycles. The van der Waals surface area contributed by atoms with Crippen LogP contribution in [0.4, 0.5) is 16.2 Å². The molecule has 0 bridgehead atoms. The summed E-state index contributed by atoms with van der Waals surface area (Å²) in [6.07, 6.45) is -1.01. The van der Waals surface area contributed by atoms with E-state index in [4.69, 9.17) is 24.1 Å². The van der Waals surface area contributed by atoms with Crippen LogP contribution in [-0.4, -0.2) is 74.6 Å². The lowest BCUT2D eigenvalue weighted by molar-refractivity contribution is -0.0562. The zero-order chi connectivity index (χ0) is 21.3. The maximum absolute atomic E-state index is 15.9. The van der Waals surface area contributed by atoms with Gasteiger partial charge in [0, 0.05) is 21.3 Å². The second kappa shape index (κ2) is 8.48. The maximum atomic E-state index is 15.9. The number of ether oxygens (including phenoxy) is 2. The Morgan fingerprint density at radius 2 is 2.14 bits per heavy atom. The van der Waals surface area contributed by atoms with Gasteiger partial charge < -0.3 is 29.4 Å². The summed E-state index contributed by atoms with van der Waals surface area (Å²) in [6.45, 7) is 5.68. The van der Waals surface area contributed by atoms with Gasteiger partial charge in [-0.05, 0) is 12.5 Å². The van der Waals surface area contributed by atoms with Gasteiger partial charge >= 0.3 is 9.28 Å². The number of halogens is 1. The Hall–Kier alpha value is -1.86. The van der Waals surface area contributed by atoms with E-state index in [0.717, 1.165) is 0 Å². The molecule has 2 aromatic rings. The van der Waals surface area contributed by atoms with E-state index >= 15 is 4.39 Å². The number of nitrogens with zero attached hydrogens (tertiary/aromatic N) is 4. The number of nitrogens with one attached hydrogen (secondary N) is 1. The van der Waals surface area contributed by atoms with Gasteiger partial charge in [0.1, 0.15) is 12.2 Å². The van der Waals surface area contributed by atoms with Gasteiger partial charge in [0.2, 0.25) is 5.95 Å². The fraction of sp³-hybridized carbons (Fsp3) is 0.706. The van der Waals surface area contributed by atoms with Crippen molar-refractivity contribution in [1.29, 1.82) is 0 Å². The molecule has 1 unspecified atom stereocenters. The Bertz CT molecular complexity index is 851. The molecule has 162 valence electrons. The van der Waals surface area contributed by atoms with Crippen LogP contribution in [0.15, 0.2) is 6.33 Å². The van der Waals surface area contributed by atoms with Crippen LogP contribution in [0.5, 0.6) is 0 Å². The molecule has 0 spiro atoms. The van der Waals surface area contributed by atoms with Crippen LogP contribution >= 0.6 is 0 Å². The lowest BCUT2D eigenvalue weighted by atomic mass is 9.98. The molecule has 0 saturated carbocycles. The highest BCUT2D eigenvalue weighted by molar-refractivity contribution is 6.46. The van der Waals surface area contributed by atoms with Crippen molar-refractivity contribution in [3.05, 3.63) is 6.33 Å². The van der Waals surface area contributed by atoms with E-state index in [2.05, 4.69) is 20.3 Å². The molecule has 0 radical (unpaired) electrons. The number of nitrogen functional groups attached to an aromatic ring is 1. The minimum Gasteiger partial charge on any atom is -0.400 e. The Balaban J connectivity index is 1.92. The summed E-state index contributed by atoms with van der Waals surface area (Å²) in [5.41, 5.74) is 5.06. The van der Waals surface area contributed by atoms with Crippen LogP contribution in [0, 0.1) is 0 Å². The van der Waals surface area contributed by atoms with Crippen LogP contribution in [0.25, 0.3) is 11.2 Å². The average molecular weight is 429 g/mol. The number of fused-ring (bicyclic) bond motifs is 1. The molecule has 1 fully saturated rings. The molecule has 12 heteroatoms. The molecule has 3 heterocycles. The zero-order valence-corrected chi connectivity index (χ0v) is 18.7. The van der Waals surface area contributed by atoms with Gasteiger partial charge in [-0.3, -0.25) is 4.57 Å². The third-order valence-corrected chi connectivity index (χ3v) is 7.14. The van der Waals surface area contributed by atoms with E-state index in [-0.39, 0.29) is 18.1 Å². The Labute approximate surface area is 170 Å². The molecule has 3 rings (SSSR count). The molecular formula is C17H29FN6O4Si. The number of alkyl halides is 1. The third-order valence-electron chi connectivity index (χ3n) is 5.06. The lowest BCUT2D eigenvalue weighted by Gasteiger charge is -2.27.